The van der Waals surface area contributed by atoms with Crippen molar-refractivity contribution >= 4 is 43.4 Å². The molecule has 0 fully saturated rings. The molecule has 3 aromatic heterocycles. The fraction of sp³-hybridized carbons (Fsp3) is 0.154. The van der Waals surface area contributed by atoms with E-state index in [1.54, 1.807) is 12.1 Å². The van der Waals surface area contributed by atoms with Gasteiger partial charge >= 0.3 is 0 Å². The third kappa shape index (κ3) is 2.91. The van der Waals surface area contributed by atoms with Crippen LogP contribution in [0.3, 0.4) is 0 Å². The van der Waals surface area contributed by atoms with E-state index in [-0.39, 0.29) is 17.2 Å². The van der Waals surface area contributed by atoms with Crippen molar-refractivity contribution in [1.29, 1.82) is 0 Å². The highest BCUT2D eigenvalue weighted by Crippen LogP contribution is 2.14. The lowest BCUT2D eigenvalue weighted by atomic mass is 10.4. The Morgan fingerprint density at radius 3 is 3.05 bits per heavy atom. The second kappa shape index (κ2) is 5.82. The summed E-state index contributed by atoms with van der Waals surface area (Å²) in [5, 5.41) is 4.53. The maximum Gasteiger partial charge on any atom is 0.287 e. The molecule has 8 heteroatoms. The highest BCUT2D eigenvalue weighted by Gasteiger charge is 2.10. The lowest BCUT2D eigenvalue weighted by Crippen LogP contribution is -2.30. The number of rotatable bonds is 4. The zero-order chi connectivity index (χ0) is 14.8. The van der Waals surface area contributed by atoms with Gasteiger partial charge in [0.1, 0.15) is 4.70 Å². The molecule has 3 rings (SSSR count). The second-order valence-electron chi connectivity index (χ2n) is 4.24. The van der Waals surface area contributed by atoms with E-state index < -0.39 is 0 Å². The molecular formula is C13H10BrN3O3S. The van der Waals surface area contributed by atoms with Crippen molar-refractivity contribution in [2.24, 2.45) is 0 Å². The van der Waals surface area contributed by atoms with E-state index in [2.05, 4.69) is 26.2 Å². The number of hydrogen-bond donors (Lipinski definition) is 1. The third-order valence-electron chi connectivity index (χ3n) is 2.87. The zero-order valence-corrected chi connectivity index (χ0v) is 13.1. The van der Waals surface area contributed by atoms with Gasteiger partial charge < -0.3 is 9.73 Å². The van der Waals surface area contributed by atoms with Gasteiger partial charge in [-0.2, -0.15) is 0 Å². The number of nitrogens with zero attached hydrogens (tertiary/aromatic N) is 2. The van der Waals surface area contributed by atoms with E-state index in [9.17, 15) is 9.59 Å². The first-order valence-corrected chi connectivity index (χ1v) is 7.78. The van der Waals surface area contributed by atoms with Gasteiger partial charge in [0.15, 0.2) is 10.4 Å². The molecule has 3 aromatic rings. The van der Waals surface area contributed by atoms with Crippen LogP contribution < -0.4 is 10.9 Å². The molecule has 0 saturated heterocycles. The summed E-state index contributed by atoms with van der Waals surface area (Å²) in [5.41, 5.74) is 0.607. The second-order valence-corrected chi connectivity index (χ2v) is 5.94. The van der Waals surface area contributed by atoms with Gasteiger partial charge in [-0.05, 0) is 39.5 Å². The van der Waals surface area contributed by atoms with Crippen molar-refractivity contribution in [1.82, 2.24) is 14.9 Å². The fourth-order valence-corrected chi connectivity index (χ4v) is 2.95. The third-order valence-corrected chi connectivity index (χ3v) is 4.19. The van der Waals surface area contributed by atoms with Crippen LogP contribution in [0.25, 0.3) is 10.2 Å². The molecule has 0 bridgehead atoms. The Kier molecular flexibility index (Phi) is 3.89. The predicted molar refractivity (Wildman–Crippen MR) is 82.6 cm³/mol. The lowest BCUT2D eigenvalue weighted by molar-refractivity contribution is 0.0923. The average Bonchev–Trinajstić information content (AvgIpc) is 3.10. The minimum atomic E-state index is -0.320. The number of carbonyl (C=O) groups excluding carboxylic acids is 1. The molecule has 1 N–H and O–H groups in total. The van der Waals surface area contributed by atoms with Gasteiger partial charge in [-0.1, -0.05) is 0 Å². The first kappa shape index (κ1) is 14.0. The van der Waals surface area contributed by atoms with Gasteiger partial charge in [-0.25, -0.2) is 4.98 Å². The summed E-state index contributed by atoms with van der Waals surface area (Å²) >= 11 is 4.50. The standard InChI is InChI=1S/C13H10BrN3O3S/c14-10-2-1-9(20-10)12(18)15-4-5-17-7-16-8-3-6-21-11(8)13(17)19/h1-3,6-7H,4-5H2,(H,15,18). The number of hydrogen-bond acceptors (Lipinski definition) is 5. The highest BCUT2D eigenvalue weighted by atomic mass is 79.9. The molecule has 0 atom stereocenters. The van der Waals surface area contributed by atoms with Crippen molar-refractivity contribution in [2.45, 2.75) is 6.54 Å². The van der Waals surface area contributed by atoms with Gasteiger partial charge in [0.05, 0.1) is 11.8 Å². The molecule has 0 aliphatic carbocycles. The Morgan fingerprint density at radius 2 is 2.29 bits per heavy atom. The van der Waals surface area contributed by atoms with Crippen LogP contribution in [-0.4, -0.2) is 22.0 Å². The van der Waals surface area contributed by atoms with Crippen LogP contribution in [-0.2, 0) is 6.54 Å². The van der Waals surface area contributed by atoms with Crippen molar-refractivity contribution in [3.63, 3.8) is 0 Å². The van der Waals surface area contributed by atoms with Crippen molar-refractivity contribution in [3.8, 4) is 0 Å². The molecule has 0 aliphatic rings. The highest BCUT2D eigenvalue weighted by molar-refractivity contribution is 9.10. The summed E-state index contributed by atoms with van der Waals surface area (Å²) in [6.07, 6.45) is 1.49. The number of halogens is 1. The molecule has 0 saturated carbocycles. The molecular weight excluding hydrogens is 358 g/mol. The molecule has 0 aromatic carbocycles. The minimum absolute atomic E-state index is 0.0926. The van der Waals surface area contributed by atoms with Crippen molar-refractivity contribution < 1.29 is 9.21 Å². The maximum absolute atomic E-state index is 12.1. The number of thiophene rings is 1. The van der Waals surface area contributed by atoms with E-state index in [0.717, 1.165) is 0 Å². The van der Waals surface area contributed by atoms with E-state index in [4.69, 9.17) is 4.42 Å². The van der Waals surface area contributed by atoms with Crippen LogP contribution in [0.2, 0.25) is 0 Å². The van der Waals surface area contributed by atoms with Crippen molar-refractivity contribution in [2.75, 3.05) is 6.54 Å². The van der Waals surface area contributed by atoms with E-state index in [1.165, 1.54) is 22.2 Å². The van der Waals surface area contributed by atoms with Gasteiger partial charge in [0.25, 0.3) is 11.5 Å². The Morgan fingerprint density at radius 1 is 1.43 bits per heavy atom. The van der Waals surface area contributed by atoms with Crippen LogP contribution in [0.15, 0.2) is 43.8 Å². The number of furan rings is 1. The van der Waals surface area contributed by atoms with E-state index >= 15 is 0 Å². The molecule has 0 radical (unpaired) electrons. The monoisotopic (exact) mass is 367 g/mol. The van der Waals surface area contributed by atoms with Gasteiger partial charge in [-0.15, -0.1) is 11.3 Å². The molecule has 21 heavy (non-hydrogen) atoms. The fourth-order valence-electron chi connectivity index (χ4n) is 1.85. The molecule has 6 nitrogen and oxygen atoms in total. The number of aromatic nitrogens is 2. The number of amides is 1. The summed E-state index contributed by atoms with van der Waals surface area (Å²) in [4.78, 5) is 28.1. The Bertz CT molecular complexity index is 852. The molecule has 3 heterocycles. The largest absolute Gasteiger partial charge is 0.444 e. The maximum atomic E-state index is 12.1. The summed E-state index contributed by atoms with van der Waals surface area (Å²) < 4.78 is 7.75. The van der Waals surface area contributed by atoms with Crippen LogP contribution in [0.4, 0.5) is 0 Å². The summed E-state index contributed by atoms with van der Waals surface area (Å²) in [6, 6.07) is 5.03. The minimum Gasteiger partial charge on any atom is -0.444 e. The van der Waals surface area contributed by atoms with Gasteiger partial charge in [0, 0.05) is 13.1 Å². The Hall–Kier alpha value is -1.93. The van der Waals surface area contributed by atoms with Crippen LogP contribution >= 0.6 is 27.3 Å². The molecule has 1 amide bonds. The molecule has 0 spiro atoms. The van der Waals surface area contributed by atoms with Crippen LogP contribution in [0, 0.1) is 0 Å². The van der Waals surface area contributed by atoms with E-state index in [1.807, 2.05) is 11.4 Å². The number of fused-ring (bicyclic) bond motifs is 1. The average molecular weight is 368 g/mol. The number of nitrogens with one attached hydrogen (secondary N) is 1. The smallest absolute Gasteiger partial charge is 0.287 e. The summed E-state index contributed by atoms with van der Waals surface area (Å²) in [5.74, 6) is -0.0973. The summed E-state index contributed by atoms with van der Waals surface area (Å²) in [7, 11) is 0. The first-order chi connectivity index (χ1) is 10.1. The SMILES string of the molecule is O=C(NCCn1cnc2ccsc2c1=O)c1ccc(Br)o1. The van der Waals surface area contributed by atoms with E-state index in [0.29, 0.717) is 28.0 Å². The van der Waals surface area contributed by atoms with Crippen LogP contribution in [0.1, 0.15) is 10.6 Å². The van der Waals surface area contributed by atoms with Crippen molar-refractivity contribution in [3.05, 3.63) is 50.7 Å². The molecule has 0 unspecified atom stereocenters. The summed E-state index contributed by atoms with van der Waals surface area (Å²) in [6.45, 7) is 0.670. The normalized spacial score (nSPS) is 10.9. The number of carbonyl (C=O) groups is 1. The predicted octanol–water partition coefficient (Wildman–Crippen LogP) is 2.24. The van der Waals surface area contributed by atoms with Gasteiger partial charge in [0.2, 0.25) is 0 Å². The molecule has 108 valence electrons. The Balaban J connectivity index is 1.65. The molecule has 0 aliphatic heterocycles. The zero-order valence-electron chi connectivity index (χ0n) is 10.7. The first-order valence-electron chi connectivity index (χ1n) is 6.11. The topological polar surface area (TPSA) is 77.1 Å². The quantitative estimate of drug-likeness (QED) is 0.766. The Labute approximate surface area is 131 Å². The lowest BCUT2D eigenvalue weighted by Gasteiger charge is -2.06. The van der Waals surface area contributed by atoms with Gasteiger partial charge in [-0.3, -0.25) is 14.2 Å². The van der Waals surface area contributed by atoms with Crippen LogP contribution in [0.5, 0.6) is 0 Å².